The summed E-state index contributed by atoms with van der Waals surface area (Å²) < 4.78 is 19.2. The summed E-state index contributed by atoms with van der Waals surface area (Å²) in [6, 6.07) is 6.01. The predicted octanol–water partition coefficient (Wildman–Crippen LogP) is 2.78. The molecule has 0 fully saturated rings. The summed E-state index contributed by atoms with van der Waals surface area (Å²) in [4.78, 5) is 26.4. The lowest BCUT2D eigenvalue weighted by Gasteiger charge is -2.12. The molecule has 0 radical (unpaired) electrons. The molecule has 0 aliphatic heterocycles. The van der Waals surface area contributed by atoms with Crippen LogP contribution in [0.3, 0.4) is 0 Å². The van der Waals surface area contributed by atoms with Gasteiger partial charge in [0.15, 0.2) is 11.7 Å². The van der Waals surface area contributed by atoms with Crippen LogP contribution in [0.25, 0.3) is 11.3 Å². The van der Waals surface area contributed by atoms with Crippen molar-refractivity contribution < 1.29 is 23.5 Å². The number of nitrogens with one attached hydrogen (secondary N) is 1. The Balaban J connectivity index is 1.84. The minimum absolute atomic E-state index is 0.00713. The van der Waals surface area contributed by atoms with Crippen LogP contribution in [0, 0.1) is 5.82 Å². The van der Waals surface area contributed by atoms with Crippen molar-refractivity contribution in [3.05, 3.63) is 42.2 Å². The first-order chi connectivity index (χ1) is 11.5. The topological polar surface area (TPSA) is 92.4 Å². The van der Waals surface area contributed by atoms with Crippen LogP contribution in [0.1, 0.15) is 32.1 Å². The number of benzene rings is 1. The summed E-state index contributed by atoms with van der Waals surface area (Å²) in [5, 5.41) is 11.3. The molecule has 0 bridgehead atoms. The third-order valence-electron chi connectivity index (χ3n) is 3.46. The zero-order valence-corrected chi connectivity index (χ0v) is 13.3. The standard InChI is InChI=1S/C17H19FN2O4/c1-11(6-9-17(22)23)20-15(21)7-8-16-19-10-14(24-16)12-4-2-3-5-13(12)18/h2-5,10-11H,6-9H2,1H3,(H,20,21)(H,22,23). The van der Waals surface area contributed by atoms with E-state index >= 15 is 0 Å². The molecular weight excluding hydrogens is 315 g/mol. The number of amides is 1. The Kier molecular flexibility index (Phi) is 6.06. The predicted molar refractivity (Wildman–Crippen MR) is 84.7 cm³/mol. The van der Waals surface area contributed by atoms with Crippen molar-refractivity contribution in [1.29, 1.82) is 0 Å². The molecule has 1 heterocycles. The van der Waals surface area contributed by atoms with Gasteiger partial charge in [0, 0.05) is 25.3 Å². The van der Waals surface area contributed by atoms with Gasteiger partial charge in [-0.15, -0.1) is 0 Å². The van der Waals surface area contributed by atoms with Gasteiger partial charge in [0.05, 0.1) is 11.8 Å². The maximum absolute atomic E-state index is 13.7. The molecule has 128 valence electrons. The van der Waals surface area contributed by atoms with Gasteiger partial charge >= 0.3 is 5.97 Å². The van der Waals surface area contributed by atoms with Gasteiger partial charge in [0.2, 0.25) is 5.91 Å². The second-order valence-corrected chi connectivity index (χ2v) is 5.50. The number of hydrogen-bond donors (Lipinski definition) is 2. The Morgan fingerprint density at radius 3 is 2.79 bits per heavy atom. The van der Waals surface area contributed by atoms with Gasteiger partial charge in [-0.25, -0.2) is 9.37 Å². The van der Waals surface area contributed by atoms with Crippen molar-refractivity contribution in [1.82, 2.24) is 10.3 Å². The van der Waals surface area contributed by atoms with E-state index in [1.165, 1.54) is 12.3 Å². The quantitative estimate of drug-likeness (QED) is 0.774. The summed E-state index contributed by atoms with van der Waals surface area (Å²) in [6.07, 6.45) is 2.26. The number of aryl methyl sites for hydroxylation is 1. The largest absolute Gasteiger partial charge is 0.481 e. The number of aromatic nitrogens is 1. The summed E-state index contributed by atoms with van der Waals surface area (Å²) in [7, 11) is 0. The smallest absolute Gasteiger partial charge is 0.303 e. The highest BCUT2D eigenvalue weighted by Crippen LogP contribution is 2.23. The second-order valence-electron chi connectivity index (χ2n) is 5.50. The molecule has 0 saturated heterocycles. The number of hydrogen-bond acceptors (Lipinski definition) is 4. The molecule has 0 spiro atoms. The Morgan fingerprint density at radius 1 is 1.33 bits per heavy atom. The highest BCUT2D eigenvalue weighted by Gasteiger charge is 2.13. The highest BCUT2D eigenvalue weighted by molar-refractivity contribution is 5.76. The van der Waals surface area contributed by atoms with Crippen molar-refractivity contribution in [2.75, 3.05) is 0 Å². The van der Waals surface area contributed by atoms with E-state index in [0.717, 1.165) is 0 Å². The van der Waals surface area contributed by atoms with Crippen LogP contribution in [0.2, 0.25) is 0 Å². The second kappa shape index (κ2) is 8.24. The van der Waals surface area contributed by atoms with Crippen LogP contribution in [-0.4, -0.2) is 28.0 Å². The lowest BCUT2D eigenvalue weighted by atomic mass is 10.1. The fourth-order valence-electron chi connectivity index (χ4n) is 2.19. The maximum atomic E-state index is 13.7. The number of carboxylic acids is 1. The zero-order valence-electron chi connectivity index (χ0n) is 13.3. The number of oxazole rings is 1. The van der Waals surface area contributed by atoms with Gasteiger partial charge in [-0.2, -0.15) is 0 Å². The van der Waals surface area contributed by atoms with Crippen LogP contribution in [0.5, 0.6) is 0 Å². The van der Waals surface area contributed by atoms with Crippen molar-refractivity contribution in [3.63, 3.8) is 0 Å². The number of carboxylic acid groups (broad SMARTS) is 1. The van der Waals surface area contributed by atoms with E-state index in [1.54, 1.807) is 25.1 Å². The van der Waals surface area contributed by atoms with Crippen molar-refractivity contribution in [2.45, 2.75) is 38.6 Å². The summed E-state index contributed by atoms with van der Waals surface area (Å²) >= 11 is 0. The van der Waals surface area contributed by atoms with E-state index in [0.29, 0.717) is 23.6 Å². The molecule has 0 aliphatic carbocycles. The average molecular weight is 334 g/mol. The van der Waals surface area contributed by atoms with Crippen molar-refractivity contribution in [2.24, 2.45) is 0 Å². The lowest BCUT2D eigenvalue weighted by molar-refractivity contribution is -0.137. The first-order valence-electron chi connectivity index (χ1n) is 7.66. The maximum Gasteiger partial charge on any atom is 0.303 e. The van der Waals surface area contributed by atoms with E-state index < -0.39 is 11.8 Å². The lowest BCUT2D eigenvalue weighted by Crippen LogP contribution is -2.33. The third kappa shape index (κ3) is 5.19. The van der Waals surface area contributed by atoms with Crippen LogP contribution >= 0.6 is 0 Å². The van der Waals surface area contributed by atoms with E-state index in [1.807, 2.05) is 0 Å². The van der Waals surface area contributed by atoms with E-state index in [2.05, 4.69) is 10.3 Å². The fraction of sp³-hybridized carbons (Fsp3) is 0.353. The van der Waals surface area contributed by atoms with E-state index in [-0.39, 0.29) is 31.2 Å². The van der Waals surface area contributed by atoms with Gasteiger partial charge in [0.1, 0.15) is 5.82 Å². The summed E-state index contributed by atoms with van der Waals surface area (Å²) in [5.41, 5.74) is 0.322. The molecule has 6 nitrogen and oxygen atoms in total. The van der Waals surface area contributed by atoms with Gasteiger partial charge in [-0.3, -0.25) is 9.59 Å². The Labute approximate surface area is 138 Å². The Morgan fingerprint density at radius 2 is 2.08 bits per heavy atom. The van der Waals surface area contributed by atoms with Crippen molar-refractivity contribution in [3.8, 4) is 11.3 Å². The SMILES string of the molecule is CC(CCC(=O)O)NC(=O)CCc1ncc(-c2ccccc2F)o1. The molecule has 2 aromatic rings. The van der Waals surface area contributed by atoms with Gasteiger partial charge < -0.3 is 14.8 Å². The molecule has 2 rings (SSSR count). The molecule has 1 aromatic heterocycles. The van der Waals surface area contributed by atoms with Crippen molar-refractivity contribution >= 4 is 11.9 Å². The van der Waals surface area contributed by atoms with Gasteiger partial charge in [-0.1, -0.05) is 12.1 Å². The molecule has 0 aliphatic rings. The number of carbonyl (C=O) groups excluding carboxylic acids is 1. The molecule has 7 heteroatoms. The van der Waals surface area contributed by atoms with E-state index in [4.69, 9.17) is 9.52 Å². The fourth-order valence-corrected chi connectivity index (χ4v) is 2.19. The first kappa shape index (κ1) is 17.7. The molecule has 24 heavy (non-hydrogen) atoms. The number of rotatable bonds is 8. The minimum Gasteiger partial charge on any atom is -0.481 e. The monoisotopic (exact) mass is 334 g/mol. The molecule has 0 saturated carbocycles. The van der Waals surface area contributed by atoms with E-state index in [9.17, 15) is 14.0 Å². The van der Waals surface area contributed by atoms with Crippen LogP contribution in [0.15, 0.2) is 34.9 Å². The van der Waals surface area contributed by atoms with Crippen LogP contribution in [0.4, 0.5) is 4.39 Å². The first-order valence-corrected chi connectivity index (χ1v) is 7.66. The third-order valence-corrected chi connectivity index (χ3v) is 3.46. The molecule has 1 atom stereocenters. The zero-order chi connectivity index (χ0) is 17.5. The number of carbonyl (C=O) groups is 2. The van der Waals surface area contributed by atoms with Crippen LogP contribution < -0.4 is 5.32 Å². The van der Waals surface area contributed by atoms with Gasteiger partial charge in [-0.05, 0) is 25.5 Å². The number of aliphatic carboxylic acids is 1. The molecular formula is C17H19FN2O4. The number of nitrogens with zero attached hydrogens (tertiary/aromatic N) is 1. The molecule has 1 amide bonds. The minimum atomic E-state index is -0.892. The Bertz CT molecular complexity index is 714. The molecule has 1 aromatic carbocycles. The summed E-state index contributed by atoms with van der Waals surface area (Å²) in [6.45, 7) is 1.75. The number of halogens is 1. The van der Waals surface area contributed by atoms with Gasteiger partial charge in [0.25, 0.3) is 0 Å². The summed E-state index contributed by atoms with van der Waals surface area (Å²) in [5.74, 6) is -0.833. The van der Waals surface area contributed by atoms with Crippen LogP contribution in [-0.2, 0) is 16.0 Å². The molecule has 1 unspecified atom stereocenters. The normalized spacial score (nSPS) is 11.9. The average Bonchev–Trinajstić information content (AvgIpc) is 3.00. The highest BCUT2D eigenvalue weighted by atomic mass is 19.1. The Hall–Kier alpha value is -2.70. The molecule has 2 N–H and O–H groups in total.